The fraction of sp³-hybridized carbons (Fsp3) is 0.440. The van der Waals surface area contributed by atoms with E-state index in [4.69, 9.17) is 4.74 Å². The molecule has 1 amide bonds. The molecule has 208 valence electrons. The highest BCUT2D eigenvalue weighted by Crippen LogP contribution is 2.37. The van der Waals surface area contributed by atoms with Crippen molar-refractivity contribution in [3.05, 3.63) is 47.8 Å². The van der Waals surface area contributed by atoms with Crippen LogP contribution in [0.15, 0.2) is 30.7 Å². The molecule has 0 unspecified atom stereocenters. The van der Waals surface area contributed by atoms with Crippen LogP contribution >= 0.6 is 0 Å². The summed E-state index contributed by atoms with van der Waals surface area (Å²) >= 11 is 0. The Bertz CT molecular complexity index is 1340. The number of nitrogens with zero attached hydrogens (tertiary/aromatic N) is 6. The second-order valence-electron chi connectivity index (χ2n) is 9.46. The Morgan fingerprint density at radius 3 is 2.46 bits per heavy atom. The van der Waals surface area contributed by atoms with Gasteiger partial charge in [0.15, 0.2) is 5.69 Å². The Kier molecular flexibility index (Phi) is 7.40. The van der Waals surface area contributed by atoms with Crippen LogP contribution in [0.3, 0.4) is 0 Å². The number of benzene rings is 1. The van der Waals surface area contributed by atoms with Crippen LogP contribution in [0.2, 0.25) is 0 Å². The maximum atomic E-state index is 15.5. The molecule has 2 aliphatic heterocycles. The van der Waals surface area contributed by atoms with Gasteiger partial charge < -0.3 is 25.2 Å². The van der Waals surface area contributed by atoms with Gasteiger partial charge in [-0.3, -0.25) is 9.48 Å². The summed E-state index contributed by atoms with van der Waals surface area (Å²) in [5.74, 6) is -1.09. The van der Waals surface area contributed by atoms with Crippen molar-refractivity contribution in [3.8, 4) is 11.1 Å². The van der Waals surface area contributed by atoms with Crippen molar-refractivity contribution < 1.29 is 27.1 Å². The van der Waals surface area contributed by atoms with E-state index in [0.717, 1.165) is 17.3 Å². The molecule has 0 spiro atoms. The van der Waals surface area contributed by atoms with Crippen molar-refractivity contribution in [2.75, 3.05) is 61.6 Å². The van der Waals surface area contributed by atoms with E-state index in [1.54, 1.807) is 0 Å². The summed E-state index contributed by atoms with van der Waals surface area (Å²) in [5, 5.41) is 9.17. The largest absolute Gasteiger partial charge is 0.435 e. The fourth-order valence-electron chi connectivity index (χ4n) is 4.80. The van der Waals surface area contributed by atoms with E-state index in [0.29, 0.717) is 56.6 Å². The van der Waals surface area contributed by atoms with E-state index >= 15 is 4.39 Å². The Labute approximate surface area is 222 Å². The number of hydrogen-bond acceptors (Lipinski definition) is 8. The SMILES string of the molecule is CN[C@@H]1CCN(c2cc(F)c(-c3cnc(N4CCOCC4)nc3)cc2NC(=O)c2cn(C)nc2C(F)(F)F)C1. The Morgan fingerprint density at radius 1 is 1.10 bits per heavy atom. The number of hydrogen-bond donors (Lipinski definition) is 2. The first kappa shape index (κ1) is 26.8. The predicted molar refractivity (Wildman–Crippen MR) is 136 cm³/mol. The van der Waals surface area contributed by atoms with Crippen molar-refractivity contribution in [2.24, 2.45) is 7.05 Å². The molecule has 2 N–H and O–H groups in total. The molecule has 14 heteroatoms. The quantitative estimate of drug-likeness (QED) is 0.454. The van der Waals surface area contributed by atoms with Gasteiger partial charge in [0.25, 0.3) is 5.91 Å². The average molecular weight is 549 g/mol. The summed E-state index contributed by atoms with van der Waals surface area (Å²) in [6.45, 7) is 3.50. The van der Waals surface area contributed by atoms with Crippen LogP contribution in [-0.2, 0) is 18.0 Å². The fourth-order valence-corrected chi connectivity index (χ4v) is 4.80. The number of aromatic nitrogens is 4. The van der Waals surface area contributed by atoms with Crippen LogP contribution in [0.4, 0.5) is 34.9 Å². The molecule has 0 aliphatic carbocycles. The summed E-state index contributed by atoms with van der Waals surface area (Å²) in [6, 6.07) is 2.84. The van der Waals surface area contributed by atoms with Gasteiger partial charge in [0.1, 0.15) is 5.82 Å². The van der Waals surface area contributed by atoms with Gasteiger partial charge in [0.05, 0.1) is 30.2 Å². The van der Waals surface area contributed by atoms with E-state index in [1.807, 2.05) is 16.8 Å². The minimum Gasteiger partial charge on any atom is -0.378 e. The Balaban J connectivity index is 1.50. The second kappa shape index (κ2) is 10.8. The molecule has 3 aromatic rings. The van der Waals surface area contributed by atoms with Gasteiger partial charge >= 0.3 is 6.18 Å². The summed E-state index contributed by atoms with van der Waals surface area (Å²) in [4.78, 5) is 25.7. The molecule has 0 saturated carbocycles. The van der Waals surface area contributed by atoms with Gasteiger partial charge in [-0.25, -0.2) is 14.4 Å². The molecular formula is C25H28F4N8O2. The van der Waals surface area contributed by atoms with Gasteiger partial charge in [-0.05, 0) is 25.6 Å². The lowest BCUT2D eigenvalue weighted by atomic mass is 10.1. The third-order valence-corrected chi connectivity index (χ3v) is 6.86. The number of carbonyl (C=O) groups is 1. The van der Waals surface area contributed by atoms with Gasteiger partial charge in [0, 0.05) is 69.0 Å². The van der Waals surface area contributed by atoms with Crippen molar-refractivity contribution in [1.82, 2.24) is 25.1 Å². The number of amides is 1. The molecule has 4 heterocycles. The van der Waals surface area contributed by atoms with E-state index in [9.17, 15) is 18.0 Å². The zero-order valence-corrected chi connectivity index (χ0v) is 21.4. The Morgan fingerprint density at radius 2 is 1.82 bits per heavy atom. The van der Waals surface area contributed by atoms with Crippen LogP contribution in [0.5, 0.6) is 0 Å². The highest BCUT2D eigenvalue weighted by atomic mass is 19.4. The Hall–Kier alpha value is -3.78. The maximum absolute atomic E-state index is 15.5. The van der Waals surface area contributed by atoms with Crippen molar-refractivity contribution >= 4 is 23.2 Å². The molecule has 0 radical (unpaired) electrons. The predicted octanol–water partition coefficient (Wildman–Crippen LogP) is 2.92. The number of aryl methyl sites for hydroxylation is 1. The van der Waals surface area contributed by atoms with Crippen LogP contribution < -0.4 is 20.4 Å². The maximum Gasteiger partial charge on any atom is 0.435 e. The minimum atomic E-state index is -4.82. The molecule has 10 nitrogen and oxygen atoms in total. The molecule has 39 heavy (non-hydrogen) atoms. The molecule has 1 atom stereocenters. The summed E-state index contributed by atoms with van der Waals surface area (Å²) in [5.41, 5.74) is -0.926. The number of anilines is 3. The van der Waals surface area contributed by atoms with E-state index < -0.39 is 29.2 Å². The number of carbonyl (C=O) groups excluding carboxylic acids is 1. The normalized spacial score (nSPS) is 18.1. The first-order valence-electron chi connectivity index (χ1n) is 12.5. The van der Waals surface area contributed by atoms with E-state index in [-0.39, 0.29) is 17.3 Å². The van der Waals surface area contributed by atoms with Crippen LogP contribution in [0.25, 0.3) is 11.1 Å². The lowest BCUT2D eigenvalue weighted by Crippen LogP contribution is -2.37. The average Bonchev–Trinajstić information content (AvgIpc) is 3.57. The van der Waals surface area contributed by atoms with Gasteiger partial charge in [-0.15, -0.1) is 0 Å². The first-order chi connectivity index (χ1) is 18.6. The molecule has 1 aromatic carbocycles. The van der Waals surface area contributed by atoms with Crippen molar-refractivity contribution in [1.29, 1.82) is 0 Å². The zero-order chi connectivity index (χ0) is 27.7. The van der Waals surface area contributed by atoms with Crippen molar-refractivity contribution in [3.63, 3.8) is 0 Å². The molecular weight excluding hydrogens is 520 g/mol. The smallest absolute Gasteiger partial charge is 0.378 e. The molecule has 2 aliphatic rings. The molecule has 5 rings (SSSR count). The highest BCUT2D eigenvalue weighted by Gasteiger charge is 2.39. The summed E-state index contributed by atoms with van der Waals surface area (Å²) in [7, 11) is 3.12. The number of rotatable bonds is 6. The molecule has 2 fully saturated rings. The van der Waals surface area contributed by atoms with Gasteiger partial charge in [-0.2, -0.15) is 18.3 Å². The summed E-state index contributed by atoms with van der Waals surface area (Å²) < 4.78 is 62.3. The monoisotopic (exact) mass is 548 g/mol. The highest BCUT2D eigenvalue weighted by molar-refractivity contribution is 6.07. The lowest BCUT2D eigenvalue weighted by Gasteiger charge is -2.26. The van der Waals surface area contributed by atoms with Crippen LogP contribution in [0.1, 0.15) is 22.5 Å². The number of ether oxygens (including phenoxy) is 1. The number of likely N-dealkylation sites (N-methyl/N-ethyl adjacent to an activating group) is 1. The molecule has 2 aromatic heterocycles. The van der Waals surface area contributed by atoms with Crippen molar-refractivity contribution in [2.45, 2.75) is 18.6 Å². The van der Waals surface area contributed by atoms with Crippen LogP contribution in [0, 0.1) is 5.82 Å². The zero-order valence-electron chi connectivity index (χ0n) is 21.4. The summed E-state index contributed by atoms with van der Waals surface area (Å²) in [6.07, 6.45) is -0.0635. The van der Waals surface area contributed by atoms with Gasteiger partial charge in [-0.1, -0.05) is 0 Å². The van der Waals surface area contributed by atoms with E-state index in [1.165, 1.54) is 31.6 Å². The number of morpholine rings is 1. The third kappa shape index (κ3) is 5.66. The third-order valence-electron chi connectivity index (χ3n) is 6.86. The number of nitrogens with one attached hydrogen (secondary N) is 2. The first-order valence-corrected chi connectivity index (χ1v) is 12.5. The lowest BCUT2D eigenvalue weighted by molar-refractivity contribution is -0.141. The van der Waals surface area contributed by atoms with Gasteiger partial charge in [0.2, 0.25) is 5.95 Å². The molecule has 2 saturated heterocycles. The van der Waals surface area contributed by atoms with E-state index in [2.05, 4.69) is 25.7 Å². The topological polar surface area (TPSA) is 100 Å². The number of halogens is 4. The molecule has 0 bridgehead atoms. The second-order valence-corrected chi connectivity index (χ2v) is 9.46. The standard InChI is InChI=1S/C25H28F4N8O2/c1-30-16-3-4-37(13-16)21-10-19(26)17(15-11-31-24(32-12-15)36-5-7-39-8-6-36)9-20(21)33-23(38)18-14-35(2)34-22(18)25(27,28)29/h9-12,14,16,30H,3-8,13H2,1-2H3,(H,33,38)/t16-/m1/s1. The number of alkyl halides is 3. The minimum absolute atomic E-state index is 0.106. The van der Waals surface area contributed by atoms with Crippen LogP contribution in [-0.4, -0.2) is 78.1 Å².